The van der Waals surface area contributed by atoms with Crippen LogP contribution in [0.25, 0.3) is 0 Å². The SMILES string of the molecule is Cl.N[C@H](CO)c1cc(Br)cc(C(F)(F)F)c1O. The van der Waals surface area contributed by atoms with Crippen molar-refractivity contribution in [1.82, 2.24) is 0 Å². The molecule has 3 nitrogen and oxygen atoms in total. The number of rotatable bonds is 2. The molecule has 0 amide bonds. The lowest BCUT2D eigenvalue weighted by molar-refractivity contribution is -0.138. The Bertz CT molecular complexity index is 401. The summed E-state index contributed by atoms with van der Waals surface area (Å²) in [5.74, 6) is -0.947. The molecule has 1 atom stereocenters. The summed E-state index contributed by atoms with van der Waals surface area (Å²) in [7, 11) is 0. The van der Waals surface area contributed by atoms with Crippen LogP contribution in [0.5, 0.6) is 5.75 Å². The van der Waals surface area contributed by atoms with Crippen LogP contribution in [0.4, 0.5) is 13.2 Å². The smallest absolute Gasteiger partial charge is 0.420 e. The van der Waals surface area contributed by atoms with Crippen molar-refractivity contribution in [1.29, 1.82) is 0 Å². The van der Waals surface area contributed by atoms with Crippen molar-refractivity contribution in [2.75, 3.05) is 6.61 Å². The maximum atomic E-state index is 12.5. The van der Waals surface area contributed by atoms with E-state index in [0.717, 1.165) is 6.07 Å². The van der Waals surface area contributed by atoms with Crippen LogP contribution in [0.3, 0.4) is 0 Å². The van der Waals surface area contributed by atoms with E-state index in [4.69, 9.17) is 10.8 Å². The molecule has 0 heterocycles. The summed E-state index contributed by atoms with van der Waals surface area (Å²) < 4.78 is 37.6. The second kappa shape index (κ2) is 5.90. The Kier molecular flexibility index (Phi) is 5.73. The van der Waals surface area contributed by atoms with Gasteiger partial charge in [0.15, 0.2) is 0 Å². The number of alkyl halides is 3. The third-order valence-electron chi connectivity index (χ3n) is 2.01. The average Bonchev–Trinajstić information content (AvgIpc) is 2.18. The summed E-state index contributed by atoms with van der Waals surface area (Å²) in [4.78, 5) is 0. The molecule has 1 aromatic rings. The molecule has 1 aromatic carbocycles. The maximum absolute atomic E-state index is 12.5. The Morgan fingerprint density at radius 3 is 2.29 bits per heavy atom. The summed E-state index contributed by atoms with van der Waals surface area (Å²) in [6, 6.07) is 0.938. The van der Waals surface area contributed by atoms with Crippen LogP contribution in [0.2, 0.25) is 0 Å². The quantitative estimate of drug-likeness (QED) is 0.778. The van der Waals surface area contributed by atoms with E-state index in [2.05, 4.69) is 15.9 Å². The highest BCUT2D eigenvalue weighted by Crippen LogP contribution is 2.40. The zero-order valence-electron chi connectivity index (χ0n) is 8.33. The summed E-state index contributed by atoms with van der Waals surface area (Å²) in [6.45, 7) is -0.554. The Labute approximate surface area is 110 Å². The summed E-state index contributed by atoms with van der Waals surface area (Å²) in [5, 5.41) is 18.2. The molecule has 0 radical (unpaired) electrons. The van der Waals surface area contributed by atoms with Gasteiger partial charge < -0.3 is 15.9 Å². The molecular formula is C9H10BrClF3NO2. The molecule has 0 bridgehead atoms. The number of halogens is 5. The second-order valence-electron chi connectivity index (χ2n) is 3.18. The average molecular weight is 337 g/mol. The number of aliphatic hydroxyl groups excluding tert-OH is 1. The van der Waals surface area contributed by atoms with Gasteiger partial charge in [0.2, 0.25) is 0 Å². The molecular weight excluding hydrogens is 326 g/mol. The lowest BCUT2D eigenvalue weighted by Crippen LogP contribution is -2.16. The van der Waals surface area contributed by atoms with Gasteiger partial charge in [0.1, 0.15) is 5.75 Å². The Morgan fingerprint density at radius 2 is 1.88 bits per heavy atom. The van der Waals surface area contributed by atoms with Gasteiger partial charge in [0, 0.05) is 10.0 Å². The number of aromatic hydroxyl groups is 1. The number of phenolic OH excluding ortho intramolecular Hbond substituents is 1. The highest BCUT2D eigenvalue weighted by molar-refractivity contribution is 9.10. The first-order chi connectivity index (χ1) is 7.27. The van der Waals surface area contributed by atoms with Gasteiger partial charge in [0.25, 0.3) is 0 Å². The standard InChI is InChI=1S/C9H9BrF3NO2.ClH/c10-4-1-5(7(14)3-15)8(16)6(2-4)9(11,12)13;/h1-2,7,15-16H,3,14H2;1H/t7-;/m1./s1. The molecule has 1 rings (SSSR count). The number of nitrogens with two attached hydrogens (primary N) is 1. The molecule has 0 aliphatic rings. The Balaban J connectivity index is 0.00000256. The van der Waals surface area contributed by atoms with Crippen molar-refractivity contribution in [3.8, 4) is 5.75 Å². The third kappa shape index (κ3) is 3.74. The molecule has 8 heteroatoms. The zero-order valence-corrected chi connectivity index (χ0v) is 10.7. The minimum Gasteiger partial charge on any atom is -0.507 e. The summed E-state index contributed by atoms with van der Waals surface area (Å²) in [6.07, 6.45) is -4.67. The molecule has 0 aliphatic heterocycles. The first kappa shape index (κ1) is 16.5. The van der Waals surface area contributed by atoms with Crippen molar-refractivity contribution in [2.45, 2.75) is 12.2 Å². The van der Waals surface area contributed by atoms with Gasteiger partial charge in [-0.3, -0.25) is 0 Å². The van der Waals surface area contributed by atoms with Crippen molar-refractivity contribution < 1.29 is 23.4 Å². The lowest BCUT2D eigenvalue weighted by Gasteiger charge is -2.16. The molecule has 0 fully saturated rings. The number of hydrogen-bond acceptors (Lipinski definition) is 3. The van der Waals surface area contributed by atoms with Gasteiger partial charge in [-0.25, -0.2) is 0 Å². The van der Waals surface area contributed by atoms with Crippen LogP contribution >= 0.6 is 28.3 Å². The van der Waals surface area contributed by atoms with Gasteiger partial charge in [-0.15, -0.1) is 12.4 Å². The molecule has 0 saturated carbocycles. The molecule has 0 unspecified atom stereocenters. The second-order valence-corrected chi connectivity index (χ2v) is 4.09. The van der Waals surface area contributed by atoms with Crippen LogP contribution in [-0.4, -0.2) is 16.8 Å². The normalized spacial score (nSPS) is 13.1. The molecule has 17 heavy (non-hydrogen) atoms. The minimum absolute atomic E-state index is 0. The number of benzene rings is 1. The van der Waals surface area contributed by atoms with E-state index in [-0.39, 0.29) is 22.4 Å². The Hall–Kier alpha value is -0.500. The van der Waals surface area contributed by atoms with Crippen molar-refractivity contribution in [3.63, 3.8) is 0 Å². The number of hydrogen-bond donors (Lipinski definition) is 3. The van der Waals surface area contributed by atoms with E-state index in [9.17, 15) is 18.3 Å². The predicted molar refractivity (Wildman–Crippen MR) is 62.1 cm³/mol. The molecule has 98 valence electrons. The van der Waals surface area contributed by atoms with Gasteiger partial charge in [-0.05, 0) is 12.1 Å². The highest BCUT2D eigenvalue weighted by atomic mass is 79.9. The van der Waals surface area contributed by atoms with Gasteiger partial charge >= 0.3 is 6.18 Å². The highest BCUT2D eigenvalue weighted by Gasteiger charge is 2.35. The van der Waals surface area contributed by atoms with Crippen LogP contribution in [0.15, 0.2) is 16.6 Å². The topological polar surface area (TPSA) is 66.5 Å². The van der Waals surface area contributed by atoms with Crippen LogP contribution in [-0.2, 0) is 6.18 Å². The van der Waals surface area contributed by atoms with Crippen molar-refractivity contribution in [3.05, 3.63) is 27.7 Å². The van der Waals surface area contributed by atoms with Gasteiger partial charge in [-0.1, -0.05) is 15.9 Å². The van der Waals surface area contributed by atoms with Crippen LogP contribution in [0.1, 0.15) is 17.2 Å². The lowest BCUT2D eigenvalue weighted by atomic mass is 10.0. The van der Waals surface area contributed by atoms with Crippen LogP contribution < -0.4 is 5.73 Å². The molecule has 0 aromatic heterocycles. The fourth-order valence-corrected chi connectivity index (χ4v) is 1.69. The first-order valence-corrected chi connectivity index (χ1v) is 5.02. The van der Waals surface area contributed by atoms with E-state index in [1.165, 1.54) is 6.07 Å². The summed E-state index contributed by atoms with van der Waals surface area (Å²) in [5.41, 5.74) is 4.05. The number of phenols is 1. The molecule has 0 aliphatic carbocycles. The fraction of sp³-hybridized carbons (Fsp3) is 0.333. The largest absolute Gasteiger partial charge is 0.507 e. The molecule has 0 saturated heterocycles. The zero-order chi connectivity index (χ0) is 12.5. The molecule has 4 N–H and O–H groups in total. The van der Waals surface area contributed by atoms with E-state index in [0.29, 0.717) is 0 Å². The maximum Gasteiger partial charge on any atom is 0.420 e. The van der Waals surface area contributed by atoms with E-state index in [1.807, 2.05) is 0 Å². The van der Waals surface area contributed by atoms with Crippen LogP contribution in [0, 0.1) is 0 Å². The van der Waals surface area contributed by atoms with E-state index >= 15 is 0 Å². The molecule has 0 spiro atoms. The van der Waals surface area contributed by atoms with E-state index in [1.54, 1.807) is 0 Å². The first-order valence-electron chi connectivity index (χ1n) is 4.23. The van der Waals surface area contributed by atoms with Crippen molar-refractivity contribution >= 4 is 28.3 Å². The van der Waals surface area contributed by atoms with Crippen molar-refractivity contribution in [2.24, 2.45) is 5.73 Å². The fourth-order valence-electron chi connectivity index (χ4n) is 1.22. The summed E-state index contributed by atoms with van der Waals surface area (Å²) >= 11 is 2.89. The predicted octanol–water partition coefficient (Wildman–Crippen LogP) is 2.59. The monoisotopic (exact) mass is 335 g/mol. The number of aliphatic hydroxyl groups is 1. The van der Waals surface area contributed by atoms with Gasteiger partial charge in [-0.2, -0.15) is 13.2 Å². The Morgan fingerprint density at radius 1 is 1.35 bits per heavy atom. The third-order valence-corrected chi connectivity index (χ3v) is 2.46. The van der Waals surface area contributed by atoms with Gasteiger partial charge in [0.05, 0.1) is 18.2 Å². The minimum atomic E-state index is -4.67. The van der Waals surface area contributed by atoms with E-state index < -0.39 is 30.1 Å².